The first kappa shape index (κ1) is 13.4. The molecule has 0 amide bonds. The van der Waals surface area contributed by atoms with Crippen LogP contribution < -0.4 is 5.32 Å². The molecule has 1 N–H and O–H groups in total. The highest BCUT2D eigenvalue weighted by Gasteiger charge is 2.37. The van der Waals surface area contributed by atoms with Crippen LogP contribution in [0.3, 0.4) is 0 Å². The van der Waals surface area contributed by atoms with Crippen LogP contribution in [0.1, 0.15) is 37.3 Å². The van der Waals surface area contributed by atoms with Gasteiger partial charge < -0.3 is 5.32 Å². The minimum absolute atomic E-state index is 0.0446. The van der Waals surface area contributed by atoms with Gasteiger partial charge in [0.25, 0.3) is 0 Å². The van der Waals surface area contributed by atoms with Gasteiger partial charge in [-0.25, -0.2) is 0 Å². The summed E-state index contributed by atoms with van der Waals surface area (Å²) in [5.74, 6) is 0. The van der Waals surface area contributed by atoms with Crippen LogP contribution in [-0.2, 0) is 5.41 Å². The van der Waals surface area contributed by atoms with Gasteiger partial charge in [-0.1, -0.05) is 67.1 Å². The molecule has 104 valence electrons. The Morgan fingerprint density at radius 2 is 1.40 bits per heavy atom. The van der Waals surface area contributed by atoms with E-state index in [0.717, 1.165) is 6.54 Å². The second-order valence-electron chi connectivity index (χ2n) is 5.94. The monoisotopic (exact) mass is 265 g/mol. The van der Waals surface area contributed by atoms with Gasteiger partial charge in [-0.05, 0) is 37.4 Å². The number of piperidine rings is 1. The maximum absolute atomic E-state index is 3.76. The number of rotatable bonds is 3. The zero-order valence-electron chi connectivity index (χ0n) is 12.2. The van der Waals surface area contributed by atoms with Gasteiger partial charge in [-0.3, -0.25) is 0 Å². The normalized spacial score (nSPS) is 19.8. The molecule has 1 saturated heterocycles. The summed E-state index contributed by atoms with van der Waals surface area (Å²) in [4.78, 5) is 0. The number of nitrogens with one attached hydrogen (secondary N) is 1. The van der Waals surface area contributed by atoms with Crippen molar-refractivity contribution in [3.05, 3.63) is 71.8 Å². The Hall–Kier alpha value is -1.60. The van der Waals surface area contributed by atoms with Gasteiger partial charge in [0.1, 0.15) is 0 Å². The Kier molecular flexibility index (Phi) is 3.88. The zero-order valence-corrected chi connectivity index (χ0v) is 12.2. The molecule has 1 heteroatoms. The van der Waals surface area contributed by atoms with Crippen LogP contribution in [0.2, 0.25) is 0 Å². The fourth-order valence-electron chi connectivity index (χ4n) is 3.48. The van der Waals surface area contributed by atoms with Crippen LogP contribution in [0, 0.1) is 0 Å². The van der Waals surface area contributed by atoms with Gasteiger partial charge in [0.2, 0.25) is 0 Å². The van der Waals surface area contributed by atoms with Crippen LogP contribution in [0.25, 0.3) is 0 Å². The molecule has 1 heterocycles. The SMILES string of the molecule is CC(c1ccccc1)(c1ccccc1)C1CCCCN1. The summed E-state index contributed by atoms with van der Waals surface area (Å²) >= 11 is 0. The molecule has 0 spiro atoms. The van der Waals surface area contributed by atoms with Crippen LogP contribution in [-0.4, -0.2) is 12.6 Å². The molecule has 1 aliphatic rings. The number of hydrogen-bond acceptors (Lipinski definition) is 1. The lowest BCUT2D eigenvalue weighted by atomic mass is 9.68. The van der Waals surface area contributed by atoms with E-state index in [9.17, 15) is 0 Å². The molecule has 1 aliphatic heterocycles. The fourth-order valence-corrected chi connectivity index (χ4v) is 3.48. The molecule has 20 heavy (non-hydrogen) atoms. The molecular formula is C19H23N. The molecule has 0 bridgehead atoms. The Balaban J connectivity index is 2.07. The van der Waals surface area contributed by atoms with Crippen molar-refractivity contribution in [2.45, 2.75) is 37.6 Å². The van der Waals surface area contributed by atoms with E-state index in [1.54, 1.807) is 0 Å². The second-order valence-corrected chi connectivity index (χ2v) is 5.94. The van der Waals surface area contributed by atoms with Gasteiger partial charge in [-0.15, -0.1) is 0 Å². The van der Waals surface area contributed by atoms with Gasteiger partial charge in [-0.2, -0.15) is 0 Å². The number of hydrogen-bond donors (Lipinski definition) is 1. The molecule has 0 saturated carbocycles. The minimum atomic E-state index is 0.0446. The molecule has 1 fully saturated rings. The number of benzene rings is 2. The van der Waals surface area contributed by atoms with E-state index in [4.69, 9.17) is 0 Å². The first-order valence-electron chi connectivity index (χ1n) is 7.66. The molecule has 0 aliphatic carbocycles. The first-order valence-corrected chi connectivity index (χ1v) is 7.66. The van der Waals surface area contributed by atoms with Gasteiger partial charge in [0.05, 0.1) is 0 Å². The summed E-state index contributed by atoms with van der Waals surface area (Å²) in [6.07, 6.45) is 3.88. The summed E-state index contributed by atoms with van der Waals surface area (Å²) in [6.45, 7) is 3.53. The predicted octanol–water partition coefficient (Wildman–Crippen LogP) is 4.13. The molecule has 1 nitrogen and oxygen atoms in total. The van der Waals surface area contributed by atoms with E-state index in [0.29, 0.717) is 6.04 Å². The van der Waals surface area contributed by atoms with Crippen molar-refractivity contribution in [2.75, 3.05) is 6.54 Å². The quantitative estimate of drug-likeness (QED) is 0.879. The highest BCUT2D eigenvalue weighted by Crippen LogP contribution is 2.38. The summed E-state index contributed by atoms with van der Waals surface area (Å²) in [7, 11) is 0. The summed E-state index contributed by atoms with van der Waals surface area (Å²) in [5.41, 5.74) is 2.86. The molecule has 0 radical (unpaired) electrons. The fraction of sp³-hybridized carbons (Fsp3) is 0.368. The van der Waals surface area contributed by atoms with Crippen molar-refractivity contribution in [3.8, 4) is 0 Å². The Labute approximate surface area is 122 Å². The van der Waals surface area contributed by atoms with Crippen molar-refractivity contribution < 1.29 is 0 Å². The van der Waals surface area contributed by atoms with E-state index in [1.165, 1.54) is 30.4 Å². The molecule has 2 aromatic carbocycles. The lowest BCUT2D eigenvalue weighted by molar-refractivity contribution is 0.301. The van der Waals surface area contributed by atoms with E-state index < -0.39 is 0 Å². The summed E-state index contributed by atoms with van der Waals surface area (Å²) in [6, 6.07) is 22.4. The van der Waals surface area contributed by atoms with Crippen LogP contribution in [0.5, 0.6) is 0 Å². The lowest BCUT2D eigenvalue weighted by Gasteiger charge is -2.41. The summed E-state index contributed by atoms with van der Waals surface area (Å²) in [5, 5.41) is 3.76. The maximum Gasteiger partial charge on any atom is 0.0327 e. The van der Waals surface area contributed by atoms with E-state index in [-0.39, 0.29) is 5.41 Å². The molecule has 1 unspecified atom stereocenters. The zero-order chi connectivity index (χ0) is 13.8. The molecular weight excluding hydrogens is 242 g/mol. The summed E-state index contributed by atoms with van der Waals surface area (Å²) < 4.78 is 0. The van der Waals surface area contributed by atoms with Crippen LogP contribution in [0.15, 0.2) is 60.7 Å². The molecule has 2 aromatic rings. The van der Waals surface area contributed by atoms with Crippen molar-refractivity contribution in [2.24, 2.45) is 0 Å². The van der Waals surface area contributed by atoms with Crippen molar-refractivity contribution >= 4 is 0 Å². The molecule has 1 atom stereocenters. The third-order valence-corrected chi connectivity index (χ3v) is 4.75. The van der Waals surface area contributed by atoms with Gasteiger partial charge in [0.15, 0.2) is 0 Å². The second kappa shape index (κ2) is 5.80. The average molecular weight is 265 g/mol. The molecule has 3 rings (SSSR count). The smallest absolute Gasteiger partial charge is 0.0327 e. The van der Waals surface area contributed by atoms with Crippen molar-refractivity contribution in [1.29, 1.82) is 0 Å². The first-order chi connectivity index (χ1) is 9.82. The predicted molar refractivity (Wildman–Crippen MR) is 85.0 cm³/mol. The molecule has 0 aromatic heterocycles. The minimum Gasteiger partial charge on any atom is -0.313 e. The van der Waals surface area contributed by atoms with Crippen molar-refractivity contribution in [3.63, 3.8) is 0 Å². The van der Waals surface area contributed by atoms with E-state index in [1.807, 2.05) is 0 Å². The van der Waals surface area contributed by atoms with Gasteiger partial charge in [0, 0.05) is 11.5 Å². The van der Waals surface area contributed by atoms with Crippen molar-refractivity contribution in [1.82, 2.24) is 5.32 Å². The third-order valence-electron chi connectivity index (χ3n) is 4.75. The van der Waals surface area contributed by atoms with E-state index in [2.05, 4.69) is 72.9 Å². The Bertz CT molecular complexity index is 487. The van der Waals surface area contributed by atoms with Crippen LogP contribution >= 0.6 is 0 Å². The third kappa shape index (κ3) is 2.38. The average Bonchev–Trinajstić information content (AvgIpc) is 2.56. The van der Waals surface area contributed by atoms with E-state index >= 15 is 0 Å². The lowest BCUT2D eigenvalue weighted by Crippen LogP contribution is -2.49. The van der Waals surface area contributed by atoms with Crippen LogP contribution in [0.4, 0.5) is 0 Å². The topological polar surface area (TPSA) is 12.0 Å². The standard InChI is InChI=1S/C19H23N/c1-19(16-10-4-2-5-11-16,17-12-6-3-7-13-17)18-14-8-9-15-20-18/h2-7,10-13,18,20H,8-9,14-15H2,1H3. The highest BCUT2D eigenvalue weighted by atomic mass is 14.9. The Morgan fingerprint density at radius 3 is 1.85 bits per heavy atom. The largest absolute Gasteiger partial charge is 0.313 e. The maximum atomic E-state index is 3.76. The van der Waals surface area contributed by atoms with Gasteiger partial charge >= 0.3 is 0 Å². The Morgan fingerprint density at radius 1 is 0.850 bits per heavy atom. The highest BCUT2D eigenvalue weighted by molar-refractivity contribution is 5.40.